The number of nitrogens with zero attached hydrogens (tertiary/aromatic N) is 1. The lowest BCUT2D eigenvalue weighted by molar-refractivity contribution is 0.166. The Bertz CT molecular complexity index is 382. The maximum atomic E-state index is 3.82. The molecule has 1 aliphatic heterocycles. The summed E-state index contributed by atoms with van der Waals surface area (Å²) < 4.78 is 0. The molecule has 2 rings (SSSR count). The average molecular weight is 288 g/mol. The minimum Gasteiger partial charge on any atom is -0.308 e. The van der Waals surface area contributed by atoms with Crippen molar-refractivity contribution in [3.05, 3.63) is 35.9 Å². The van der Waals surface area contributed by atoms with E-state index < -0.39 is 0 Å². The lowest BCUT2D eigenvalue weighted by Gasteiger charge is -2.33. The number of likely N-dealkylation sites (tertiary alicyclic amines) is 1. The van der Waals surface area contributed by atoms with Gasteiger partial charge in [-0.05, 0) is 50.8 Å². The van der Waals surface area contributed by atoms with Crippen LogP contribution >= 0.6 is 0 Å². The van der Waals surface area contributed by atoms with Gasteiger partial charge in [0.1, 0.15) is 0 Å². The lowest BCUT2D eigenvalue weighted by atomic mass is 9.96. The van der Waals surface area contributed by atoms with Crippen molar-refractivity contribution in [1.29, 1.82) is 0 Å². The van der Waals surface area contributed by atoms with Crippen LogP contribution in [-0.4, -0.2) is 30.6 Å². The molecule has 2 nitrogen and oxygen atoms in total. The molecule has 2 atom stereocenters. The first-order chi connectivity index (χ1) is 10.2. The van der Waals surface area contributed by atoms with Crippen LogP contribution in [0.15, 0.2) is 30.3 Å². The monoisotopic (exact) mass is 288 g/mol. The molecular formula is C19H32N2. The fraction of sp³-hybridized carbons (Fsp3) is 0.684. The third-order valence-corrected chi connectivity index (χ3v) is 4.58. The molecule has 1 N–H and O–H groups in total. The number of nitrogens with one attached hydrogen (secondary N) is 1. The topological polar surface area (TPSA) is 15.3 Å². The van der Waals surface area contributed by atoms with Gasteiger partial charge in [-0.1, -0.05) is 50.6 Å². The molecule has 0 radical (unpaired) electrons. The first-order valence-corrected chi connectivity index (χ1v) is 8.69. The van der Waals surface area contributed by atoms with Gasteiger partial charge in [-0.15, -0.1) is 0 Å². The van der Waals surface area contributed by atoms with E-state index in [0.717, 1.165) is 6.54 Å². The molecule has 0 aromatic heterocycles. The Labute approximate surface area is 130 Å². The van der Waals surface area contributed by atoms with Crippen molar-refractivity contribution in [3.63, 3.8) is 0 Å². The van der Waals surface area contributed by atoms with E-state index in [2.05, 4.69) is 61.3 Å². The number of hydrogen-bond acceptors (Lipinski definition) is 2. The van der Waals surface area contributed by atoms with Gasteiger partial charge < -0.3 is 5.32 Å². The normalized spacial score (nSPS) is 19.6. The highest BCUT2D eigenvalue weighted by Crippen LogP contribution is 2.21. The van der Waals surface area contributed by atoms with Crippen molar-refractivity contribution >= 4 is 0 Å². The molecule has 1 aromatic rings. The maximum Gasteiger partial charge on any atom is 0.0323 e. The van der Waals surface area contributed by atoms with Gasteiger partial charge in [0, 0.05) is 18.6 Å². The van der Waals surface area contributed by atoms with Crippen LogP contribution in [0.3, 0.4) is 0 Å². The molecule has 1 fully saturated rings. The molecule has 2 unspecified atom stereocenters. The van der Waals surface area contributed by atoms with Crippen molar-refractivity contribution in [2.75, 3.05) is 19.6 Å². The maximum absolute atomic E-state index is 3.82. The van der Waals surface area contributed by atoms with Crippen LogP contribution in [-0.2, 0) is 0 Å². The Kier molecular flexibility index (Phi) is 6.72. The van der Waals surface area contributed by atoms with Gasteiger partial charge in [-0.2, -0.15) is 0 Å². The zero-order valence-corrected chi connectivity index (χ0v) is 14.0. The summed E-state index contributed by atoms with van der Waals surface area (Å²) in [5, 5.41) is 3.82. The SMILES string of the molecule is CC(C)CC(NCC(C)N1CCCCC1)c1ccccc1. The fourth-order valence-corrected chi connectivity index (χ4v) is 3.30. The van der Waals surface area contributed by atoms with E-state index in [0.29, 0.717) is 18.0 Å². The van der Waals surface area contributed by atoms with Crippen LogP contribution in [0.25, 0.3) is 0 Å². The van der Waals surface area contributed by atoms with Crippen molar-refractivity contribution in [2.45, 2.75) is 58.5 Å². The second-order valence-electron chi connectivity index (χ2n) is 6.95. The van der Waals surface area contributed by atoms with E-state index in [4.69, 9.17) is 0 Å². The van der Waals surface area contributed by atoms with E-state index in [9.17, 15) is 0 Å². The first kappa shape index (κ1) is 16.5. The van der Waals surface area contributed by atoms with E-state index in [-0.39, 0.29) is 0 Å². The van der Waals surface area contributed by atoms with Crippen molar-refractivity contribution in [1.82, 2.24) is 10.2 Å². The van der Waals surface area contributed by atoms with Crippen molar-refractivity contribution in [3.8, 4) is 0 Å². The molecule has 1 heterocycles. The van der Waals surface area contributed by atoms with Crippen molar-refractivity contribution < 1.29 is 0 Å². The number of rotatable bonds is 7. The van der Waals surface area contributed by atoms with E-state index >= 15 is 0 Å². The second-order valence-corrected chi connectivity index (χ2v) is 6.95. The molecule has 1 aliphatic rings. The summed E-state index contributed by atoms with van der Waals surface area (Å²) in [5.74, 6) is 0.716. The molecule has 118 valence electrons. The summed E-state index contributed by atoms with van der Waals surface area (Å²) >= 11 is 0. The molecule has 1 aromatic carbocycles. The largest absolute Gasteiger partial charge is 0.308 e. The Balaban J connectivity index is 1.89. The highest BCUT2D eigenvalue weighted by Gasteiger charge is 2.19. The van der Waals surface area contributed by atoms with Gasteiger partial charge >= 0.3 is 0 Å². The van der Waals surface area contributed by atoms with Gasteiger partial charge in [0.2, 0.25) is 0 Å². The van der Waals surface area contributed by atoms with E-state index in [1.165, 1.54) is 44.3 Å². The fourth-order valence-electron chi connectivity index (χ4n) is 3.30. The minimum atomic E-state index is 0.485. The van der Waals surface area contributed by atoms with Crippen LogP contribution < -0.4 is 5.32 Å². The highest BCUT2D eigenvalue weighted by atomic mass is 15.2. The Morgan fingerprint density at radius 3 is 2.29 bits per heavy atom. The molecular weight excluding hydrogens is 256 g/mol. The first-order valence-electron chi connectivity index (χ1n) is 8.69. The van der Waals surface area contributed by atoms with Crippen LogP contribution in [0.4, 0.5) is 0 Å². The Morgan fingerprint density at radius 1 is 1.00 bits per heavy atom. The zero-order valence-electron chi connectivity index (χ0n) is 14.0. The van der Waals surface area contributed by atoms with Gasteiger partial charge in [0.05, 0.1) is 0 Å². The second kappa shape index (κ2) is 8.55. The summed E-state index contributed by atoms with van der Waals surface area (Å²) in [6.45, 7) is 10.6. The summed E-state index contributed by atoms with van der Waals surface area (Å²) in [7, 11) is 0. The minimum absolute atomic E-state index is 0.485. The molecule has 0 saturated carbocycles. The average Bonchev–Trinajstić information content (AvgIpc) is 2.52. The predicted molar refractivity (Wildman–Crippen MR) is 91.5 cm³/mol. The van der Waals surface area contributed by atoms with Gasteiger partial charge in [-0.25, -0.2) is 0 Å². The smallest absolute Gasteiger partial charge is 0.0323 e. The molecule has 0 aliphatic carbocycles. The number of benzene rings is 1. The molecule has 2 heteroatoms. The van der Waals surface area contributed by atoms with Crippen LogP contribution in [0.1, 0.15) is 58.1 Å². The lowest BCUT2D eigenvalue weighted by Crippen LogP contribution is -2.44. The molecule has 0 bridgehead atoms. The van der Waals surface area contributed by atoms with Gasteiger partial charge in [0.25, 0.3) is 0 Å². The Hall–Kier alpha value is -0.860. The van der Waals surface area contributed by atoms with Crippen LogP contribution in [0.5, 0.6) is 0 Å². The number of hydrogen-bond donors (Lipinski definition) is 1. The third-order valence-electron chi connectivity index (χ3n) is 4.58. The molecule has 21 heavy (non-hydrogen) atoms. The number of piperidine rings is 1. The van der Waals surface area contributed by atoms with E-state index in [1.807, 2.05) is 0 Å². The highest BCUT2D eigenvalue weighted by molar-refractivity contribution is 5.18. The molecule has 0 amide bonds. The molecule has 0 spiro atoms. The van der Waals surface area contributed by atoms with Gasteiger partial charge in [-0.3, -0.25) is 4.90 Å². The molecule has 1 saturated heterocycles. The third kappa shape index (κ3) is 5.44. The summed E-state index contributed by atoms with van der Waals surface area (Å²) in [6.07, 6.45) is 5.37. The quantitative estimate of drug-likeness (QED) is 0.807. The van der Waals surface area contributed by atoms with Crippen LogP contribution in [0.2, 0.25) is 0 Å². The van der Waals surface area contributed by atoms with Gasteiger partial charge in [0.15, 0.2) is 0 Å². The summed E-state index contributed by atoms with van der Waals surface area (Å²) in [6, 6.07) is 12.0. The Morgan fingerprint density at radius 2 is 1.67 bits per heavy atom. The predicted octanol–water partition coefficient (Wildman–Crippen LogP) is 4.24. The van der Waals surface area contributed by atoms with Crippen LogP contribution in [0, 0.1) is 5.92 Å². The zero-order chi connectivity index (χ0) is 15.1. The summed E-state index contributed by atoms with van der Waals surface area (Å²) in [5.41, 5.74) is 1.43. The standard InChI is InChI=1S/C19H32N2/c1-16(2)14-19(18-10-6-4-7-11-18)20-15-17(3)21-12-8-5-9-13-21/h4,6-7,10-11,16-17,19-20H,5,8-9,12-15H2,1-3H3. The summed E-state index contributed by atoms with van der Waals surface area (Å²) in [4.78, 5) is 2.65. The van der Waals surface area contributed by atoms with E-state index in [1.54, 1.807) is 0 Å². The van der Waals surface area contributed by atoms with Crippen molar-refractivity contribution in [2.24, 2.45) is 5.92 Å².